The topological polar surface area (TPSA) is 52.6 Å². The summed E-state index contributed by atoms with van der Waals surface area (Å²) < 4.78 is 13.3. The van der Waals surface area contributed by atoms with Gasteiger partial charge in [-0.15, -0.1) is 0 Å². The van der Waals surface area contributed by atoms with Crippen LogP contribution in [0.1, 0.15) is 37.9 Å². The number of nitrogens with one attached hydrogen (secondary N) is 1. The molecule has 1 saturated heterocycles. The number of halogens is 1. The van der Waals surface area contributed by atoms with Gasteiger partial charge in [0.2, 0.25) is 0 Å². The predicted octanol–water partition coefficient (Wildman–Crippen LogP) is 3.17. The van der Waals surface area contributed by atoms with Crippen molar-refractivity contribution < 1.29 is 14.3 Å². The third-order valence-electron chi connectivity index (χ3n) is 4.07. The van der Waals surface area contributed by atoms with Crippen molar-refractivity contribution in [2.45, 2.75) is 39.8 Å². The van der Waals surface area contributed by atoms with E-state index in [1.54, 1.807) is 6.07 Å². The number of piperazine rings is 1. The lowest BCUT2D eigenvalue weighted by atomic mass is 9.77. The van der Waals surface area contributed by atoms with Crippen LogP contribution in [0.2, 0.25) is 0 Å². The number of rotatable bonds is 1. The van der Waals surface area contributed by atoms with Crippen molar-refractivity contribution in [3.05, 3.63) is 35.1 Å². The molecule has 2 N–H and O–H groups in total. The molecule has 1 aliphatic heterocycles. The van der Waals surface area contributed by atoms with Crippen molar-refractivity contribution in [3.8, 4) is 0 Å². The van der Waals surface area contributed by atoms with Gasteiger partial charge >= 0.3 is 6.09 Å². The number of aryl methyl sites for hydroxylation is 1. The molecule has 21 heavy (non-hydrogen) atoms. The van der Waals surface area contributed by atoms with Crippen LogP contribution >= 0.6 is 0 Å². The van der Waals surface area contributed by atoms with Gasteiger partial charge in [0.1, 0.15) is 5.82 Å². The first-order valence-electron chi connectivity index (χ1n) is 7.21. The van der Waals surface area contributed by atoms with Gasteiger partial charge < -0.3 is 15.3 Å². The summed E-state index contributed by atoms with van der Waals surface area (Å²) in [7, 11) is 0. The number of benzene rings is 1. The highest BCUT2D eigenvalue weighted by molar-refractivity contribution is 5.66. The summed E-state index contributed by atoms with van der Waals surface area (Å²) in [5, 5.41) is 12.9. The maximum absolute atomic E-state index is 13.3. The number of carbonyl (C=O) groups is 1. The van der Waals surface area contributed by atoms with Crippen molar-refractivity contribution in [1.29, 1.82) is 0 Å². The molecule has 1 aromatic rings. The second-order valence-electron chi connectivity index (χ2n) is 6.72. The minimum absolute atomic E-state index is 0.129. The summed E-state index contributed by atoms with van der Waals surface area (Å²) in [6.07, 6.45) is -0.902. The summed E-state index contributed by atoms with van der Waals surface area (Å²) in [6.45, 7) is 9.03. The fourth-order valence-electron chi connectivity index (χ4n) is 3.22. The second kappa shape index (κ2) is 5.64. The van der Waals surface area contributed by atoms with Gasteiger partial charge in [-0.1, -0.05) is 26.8 Å². The molecule has 2 unspecified atom stereocenters. The van der Waals surface area contributed by atoms with Gasteiger partial charge in [-0.25, -0.2) is 9.18 Å². The summed E-state index contributed by atoms with van der Waals surface area (Å²) >= 11 is 0. The highest BCUT2D eigenvalue weighted by atomic mass is 19.1. The molecule has 2 rings (SSSR count). The summed E-state index contributed by atoms with van der Waals surface area (Å²) in [5.41, 5.74) is 1.58. The van der Waals surface area contributed by atoms with E-state index in [1.165, 1.54) is 17.0 Å². The Hall–Kier alpha value is -1.62. The van der Waals surface area contributed by atoms with Gasteiger partial charge in [0.25, 0.3) is 0 Å². The third kappa shape index (κ3) is 3.18. The highest BCUT2D eigenvalue weighted by Crippen LogP contribution is 2.37. The Labute approximate surface area is 125 Å². The molecule has 1 heterocycles. The molecular weight excluding hydrogens is 271 g/mol. The smallest absolute Gasteiger partial charge is 0.407 e. The SMILES string of the molecule is Cc1cc(F)ccc1C1NCCN(C(=O)O)C1C(C)(C)C. The van der Waals surface area contributed by atoms with E-state index in [0.29, 0.717) is 13.1 Å². The molecule has 0 aromatic heterocycles. The van der Waals surface area contributed by atoms with Crippen LogP contribution in [-0.4, -0.2) is 35.2 Å². The van der Waals surface area contributed by atoms with Gasteiger partial charge in [-0.05, 0) is 35.6 Å². The molecule has 4 nitrogen and oxygen atoms in total. The van der Waals surface area contributed by atoms with E-state index in [2.05, 4.69) is 5.32 Å². The van der Waals surface area contributed by atoms with Crippen LogP contribution in [0.25, 0.3) is 0 Å². The van der Waals surface area contributed by atoms with Crippen molar-refractivity contribution in [3.63, 3.8) is 0 Å². The van der Waals surface area contributed by atoms with Crippen LogP contribution in [-0.2, 0) is 0 Å². The first kappa shape index (κ1) is 15.8. The van der Waals surface area contributed by atoms with E-state index in [4.69, 9.17) is 0 Å². The molecule has 0 saturated carbocycles. The monoisotopic (exact) mass is 294 g/mol. The van der Waals surface area contributed by atoms with Crippen molar-refractivity contribution in [1.82, 2.24) is 10.2 Å². The summed E-state index contributed by atoms with van der Waals surface area (Å²) in [4.78, 5) is 13.1. The maximum atomic E-state index is 13.3. The lowest BCUT2D eigenvalue weighted by molar-refractivity contribution is 0.0408. The number of nitrogens with zero attached hydrogens (tertiary/aromatic N) is 1. The van der Waals surface area contributed by atoms with E-state index in [1.807, 2.05) is 27.7 Å². The van der Waals surface area contributed by atoms with Crippen LogP contribution in [0.15, 0.2) is 18.2 Å². The van der Waals surface area contributed by atoms with E-state index in [-0.39, 0.29) is 23.3 Å². The van der Waals surface area contributed by atoms with Crippen LogP contribution in [0.4, 0.5) is 9.18 Å². The van der Waals surface area contributed by atoms with Crippen molar-refractivity contribution in [2.75, 3.05) is 13.1 Å². The zero-order valence-electron chi connectivity index (χ0n) is 13.0. The first-order valence-corrected chi connectivity index (χ1v) is 7.21. The number of hydrogen-bond acceptors (Lipinski definition) is 2. The maximum Gasteiger partial charge on any atom is 0.407 e. The van der Waals surface area contributed by atoms with E-state index in [9.17, 15) is 14.3 Å². The molecule has 5 heteroatoms. The predicted molar refractivity (Wildman–Crippen MR) is 79.9 cm³/mol. The van der Waals surface area contributed by atoms with E-state index >= 15 is 0 Å². The largest absolute Gasteiger partial charge is 0.465 e. The lowest BCUT2D eigenvalue weighted by Crippen LogP contribution is -2.59. The molecule has 0 spiro atoms. The van der Waals surface area contributed by atoms with Gasteiger partial charge in [0.15, 0.2) is 0 Å². The Morgan fingerprint density at radius 1 is 1.43 bits per heavy atom. The molecule has 0 bridgehead atoms. The minimum Gasteiger partial charge on any atom is -0.465 e. The van der Waals surface area contributed by atoms with Crippen LogP contribution in [0.5, 0.6) is 0 Å². The molecule has 1 aromatic carbocycles. The normalized spacial score (nSPS) is 23.2. The lowest BCUT2D eigenvalue weighted by Gasteiger charge is -2.47. The Balaban J connectivity index is 2.46. The summed E-state index contributed by atoms with van der Waals surface area (Å²) in [5.74, 6) is -0.269. The molecule has 1 fully saturated rings. The fourth-order valence-corrected chi connectivity index (χ4v) is 3.22. The van der Waals surface area contributed by atoms with Crippen molar-refractivity contribution in [2.24, 2.45) is 5.41 Å². The van der Waals surface area contributed by atoms with E-state index in [0.717, 1.165) is 11.1 Å². The Bertz CT molecular complexity index is 540. The zero-order chi connectivity index (χ0) is 15.8. The Morgan fingerprint density at radius 3 is 2.62 bits per heavy atom. The number of carboxylic acid groups (broad SMARTS) is 1. The number of hydrogen-bond donors (Lipinski definition) is 2. The van der Waals surface area contributed by atoms with E-state index < -0.39 is 6.09 Å². The fraction of sp³-hybridized carbons (Fsp3) is 0.562. The van der Waals surface area contributed by atoms with Crippen LogP contribution in [0.3, 0.4) is 0 Å². The molecule has 116 valence electrons. The molecular formula is C16H23FN2O2. The summed E-state index contributed by atoms with van der Waals surface area (Å²) in [6, 6.07) is 4.36. The first-order chi connectivity index (χ1) is 9.71. The molecule has 2 atom stereocenters. The Morgan fingerprint density at radius 2 is 2.10 bits per heavy atom. The molecule has 0 radical (unpaired) electrons. The average molecular weight is 294 g/mol. The quantitative estimate of drug-likeness (QED) is 0.836. The van der Waals surface area contributed by atoms with Crippen LogP contribution in [0, 0.1) is 18.2 Å². The van der Waals surface area contributed by atoms with Crippen LogP contribution < -0.4 is 5.32 Å². The van der Waals surface area contributed by atoms with Crippen molar-refractivity contribution >= 4 is 6.09 Å². The zero-order valence-corrected chi connectivity index (χ0v) is 13.0. The van der Waals surface area contributed by atoms with Gasteiger partial charge in [0.05, 0.1) is 12.1 Å². The second-order valence-corrected chi connectivity index (χ2v) is 6.72. The average Bonchev–Trinajstić information content (AvgIpc) is 2.36. The van der Waals surface area contributed by atoms with Gasteiger partial charge in [-0.3, -0.25) is 0 Å². The third-order valence-corrected chi connectivity index (χ3v) is 4.07. The minimum atomic E-state index is -0.902. The molecule has 1 aliphatic rings. The highest BCUT2D eigenvalue weighted by Gasteiger charge is 2.42. The molecule has 1 amide bonds. The van der Waals surface area contributed by atoms with Gasteiger partial charge in [0, 0.05) is 13.1 Å². The standard InChI is InChI=1S/C16H23FN2O2/c1-10-9-11(17)5-6-12(10)13-14(16(2,3)4)19(15(20)21)8-7-18-13/h5-6,9,13-14,18H,7-8H2,1-4H3,(H,20,21). The van der Waals surface area contributed by atoms with Gasteiger partial charge in [-0.2, -0.15) is 0 Å². The molecule has 0 aliphatic carbocycles. The Kier molecular flexibility index (Phi) is 4.23. The number of amides is 1.